The van der Waals surface area contributed by atoms with Crippen LogP contribution >= 0.6 is 0 Å². The third kappa shape index (κ3) is 4.11. The van der Waals surface area contributed by atoms with Gasteiger partial charge < -0.3 is 19.0 Å². The van der Waals surface area contributed by atoms with E-state index in [0.717, 1.165) is 56.8 Å². The van der Waals surface area contributed by atoms with Gasteiger partial charge in [-0.25, -0.2) is 9.97 Å². The first-order chi connectivity index (χ1) is 15.2. The first kappa shape index (κ1) is 20.2. The van der Waals surface area contributed by atoms with Crippen molar-refractivity contribution in [3.8, 4) is 5.88 Å². The van der Waals surface area contributed by atoms with Gasteiger partial charge in [0.05, 0.1) is 12.5 Å². The molecule has 3 aromatic heterocycles. The van der Waals surface area contributed by atoms with Gasteiger partial charge in [0, 0.05) is 44.1 Å². The summed E-state index contributed by atoms with van der Waals surface area (Å²) in [4.78, 5) is 25.2. The van der Waals surface area contributed by atoms with E-state index in [4.69, 9.17) is 14.5 Å². The van der Waals surface area contributed by atoms with Gasteiger partial charge in [-0.2, -0.15) is 0 Å². The molecule has 0 radical (unpaired) electrons. The number of ether oxygens (including phenoxy) is 2. The largest absolute Gasteiger partial charge is 0.481 e. The van der Waals surface area contributed by atoms with Crippen LogP contribution in [0.5, 0.6) is 5.88 Å². The molecule has 5 rings (SSSR count). The lowest BCUT2D eigenvalue weighted by Crippen LogP contribution is -2.24. The highest BCUT2D eigenvalue weighted by molar-refractivity contribution is 5.75. The maximum absolute atomic E-state index is 12.8. The number of hydrogen-bond donors (Lipinski definition) is 1. The van der Waals surface area contributed by atoms with Gasteiger partial charge in [0.1, 0.15) is 11.5 Å². The Bertz CT molecular complexity index is 1080. The van der Waals surface area contributed by atoms with E-state index >= 15 is 0 Å². The van der Waals surface area contributed by atoms with Crippen molar-refractivity contribution in [2.45, 2.75) is 56.9 Å². The molecule has 0 spiro atoms. The first-order valence-corrected chi connectivity index (χ1v) is 11.4. The Morgan fingerprint density at radius 2 is 2.00 bits per heavy atom. The van der Waals surface area contributed by atoms with Crippen molar-refractivity contribution in [2.24, 2.45) is 5.92 Å². The SMILES string of the molecule is COc1ccc(C2CCCCC2Cc2nc3c(ccn3C3CCOCC3)c(=O)[nH]2)cn1. The van der Waals surface area contributed by atoms with Gasteiger partial charge in [-0.15, -0.1) is 0 Å². The van der Waals surface area contributed by atoms with Gasteiger partial charge in [-0.05, 0) is 49.1 Å². The summed E-state index contributed by atoms with van der Waals surface area (Å²) >= 11 is 0. The Labute approximate surface area is 181 Å². The lowest BCUT2D eigenvalue weighted by atomic mass is 9.74. The zero-order chi connectivity index (χ0) is 21.2. The number of nitrogens with zero attached hydrogens (tertiary/aromatic N) is 3. The molecule has 1 aliphatic carbocycles. The first-order valence-electron chi connectivity index (χ1n) is 11.4. The normalized spacial score (nSPS) is 22.6. The maximum atomic E-state index is 12.8. The Morgan fingerprint density at radius 3 is 2.77 bits per heavy atom. The van der Waals surface area contributed by atoms with Crippen molar-refractivity contribution in [2.75, 3.05) is 20.3 Å². The summed E-state index contributed by atoms with van der Waals surface area (Å²) in [5, 5.41) is 0.676. The fourth-order valence-electron chi connectivity index (χ4n) is 5.31. The van der Waals surface area contributed by atoms with Crippen LogP contribution in [0.3, 0.4) is 0 Å². The summed E-state index contributed by atoms with van der Waals surface area (Å²) in [6.45, 7) is 1.53. The summed E-state index contributed by atoms with van der Waals surface area (Å²) in [6.07, 6.45) is 11.4. The third-order valence-corrected chi connectivity index (χ3v) is 6.98. The molecule has 2 unspecified atom stereocenters. The maximum Gasteiger partial charge on any atom is 0.260 e. The lowest BCUT2D eigenvalue weighted by Gasteiger charge is -2.31. The standard InChI is InChI=1S/C24H30N4O3/c1-30-22-7-6-17(15-25-22)19-5-3-2-4-16(19)14-21-26-23-20(24(29)27-21)8-11-28(23)18-9-12-31-13-10-18/h6-8,11,15-16,18-19H,2-5,9-10,12-14H2,1H3,(H,26,27,29). The Kier molecular flexibility index (Phi) is 5.76. The summed E-state index contributed by atoms with van der Waals surface area (Å²) in [6, 6.07) is 6.31. The van der Waals surface area contributed by atoms with Crippen LogP contribution in [0.25, 0.3) is 11.0 Å². The minimum Gasteiger partial charge on any atom is -0.481 e. The molecule has 2 fully saturated rings. The van der Waals surface area contributed by atoms with E-state index in [1.807, 2.05) is 24.5 Å². The van der Waals surface area contributed by atoms with Crippen LogP contribution in [0.1, 0.15) is 61.9 Å². The average Bonchev–Trinajstić information content (AvgIpc) is 3.25. The van der Waals surface area contributed by atoms with Gasteiger partial charge in [-0.1, -0.05) is 18.9 Å². The molecule has 1 N–H and O–H groups in total. The van der Waals surface area contributed by atoms with Crippen LogP contribution in [-0.2, 0) is 11.2 Å². The van der Waals surface area contributed by atoms with E-state index < -0.39 is 0 Å². The fourth-order valence-corrected chi connectivity index (χ4v) is 5.31. The molecular formula is C24H30N4O3. The zero-order valence-electron chi connectivity index (χ0n) is 18.0. The van der Waals surface area contributed by atoms with Crippen LogP contribution in [0.15, 0.2) is 35.4 Å². The summed E-state index contributed by atoms with van der Waals surface area (Å²) in [5.74, 6) is 2.30. The quantitative estimate of drug-likeness (QED) is 0.672. The van der Waals surface area contributed by atoms with Crippen LogP contribution in [0.4, 0.5) is 0 Å². The fraction of sp³-hybridized carbons (Fsp3) is 0.542. The highest BCUT2D eigenvalue weighted by Gasteiger charge is 2.28. The van der Waals surface area contributed by atoms with E-state index in [-0.39, 0.29) is 5.56 Å². The number of hydrogen-bond acceptors (Lipinski definition) is 5. The van der Waals surface area contributed by atoms with Crippen LogP contribution in [0.2, 0.25) is 0 Å². The highest BCUT2D eigenvalue weighted by atomic mass is 16.5. The highest BCUT2D eigenvalue weighted by Crippen LogP contribution is 2.39. The molecule has 7 heteroatoms. The van der Waals surface area contributed by atoms with Crippen LogP contribution < -0.4 is 10.3 Å². The van der Waals surface area contributed by atoms with Crippen LogP contribution in [0, 0.1) is 5.92 Å². The number of aromatic nitrogens is 4. The molecule has 2 atom stereocenters. The molecule has 31 heavy (non-hydrogen) atoms. The second-order valence-electron chi connectivity index (χ2n) is 8.81. The number of aromatic amines is 1. The summed E-state index contributed by atoms with van der Waals surface area (Å²) in [7, 11) is 1.64. The van der Waals surface area contributed by atoms with Crippen molar-refractivity contribution < 1.29 is 9.47 Å². The van der Waals surface area contributed by atoms with E-state index in [9.17, 15) is 4.79 Å². The molecule has 2 aliphatic rings. The molecular weight excluding hydrogens is 392 g/mol. The van der Waals surface area contributed by atoms with Gasteiger partial charge in [0.15, 0.2) is 0 Å². The average molecular weight is 423 g/mol. The third-order valence-electron chi connectivity index (χ3n) is 6.98. The number of fused-ring (bicyclic) bond motifs is 1. The number of rotatable bonds is 5. The van der Waals surface area contributed by atoms with Crippen LogP contribution in [-0.4, -0.2) is 39.8 Å². The summed E-state index contributed by atoms with van der Waals surface area (Å²) < 4.78 is 12.9. The molecule has 4 heterocycles. The lowest BCUT2D eigenvalue weighted by molar-refractivity contribution is 0.0706. The van der Waals surface area contributed by atoms with Crippen molar-refractivity contribution in [3.63, 3.8) is 0 Å². The van der Waals surface area contributed by atoms with Gasteiger partial charge in [-0.3, -0.25) is 4.79 Å². The molecule has 0 amide bonds. The van der Waals surface area contributed by atoms with E-state index in [0.29, 0.717) is 29.1 Å². The van der Waals surface area contributed by atoms with Gasteiger partial charge >= 0.3 is 0 Å². The number of H-pyrrole nitrogens is 1. The smallest absolute Gasteiger partial charge is 0.260 e. The van der Waals surface area contributed by atoms with Crippen molar-refractivity contribution in [1.29, 1.82) is 0 Å². The summed E-state index contributed by atoms with van der Waals surface area (Å²) in [5.41, 5.74) is 2.02. The van der Waals surface area contributed by atoms with E-state index in [1.54, 1.807) is 7.11 Å². The predicted molar refractivity (Wildman–Crippen MR) is 119 cm³/mol. The number of pyridine rings is 1. The topological polar surface area (TPSA) is 82.0 Å². The van der Waals surface area contributed by atoms with Crippen molar-refractivity contribution in [3.05, 3.63) is 52.3 Å². The Balaban J connectivity index is 1.43. The molecule has 7 nitrogen and oxygen atoms in total. The predicted octanol–water partition coefficient (Wildman–Crippen LogP) is 4.00. The molecule has 1 saturated carbocycles. The molecule has 0 bridgehead atoms. The Hall–Kier alpha value is -2.67. The van der Waals surface area contributed by atoms with Crippen molar-refractivity contribution in [1.82, 2.24) is 19.5 Å². The molecule has 1 aliphatic heterocycles. The van der Waals surface area contributed by atoms with Gasteiger partial charge in [0.25, 0.3) is 5.56 Å². The minimum absolute atomic E-state index is 0.0377. The molecule has 3 aromatic rings. The van der Waals surface area contributed by atoms with E-state index in [2.05, 4.69) is 20.6 Å². The molecule has 1 saturated heterocycles. The molecule has 164 valence electrons. The number of nitrogens with one attached hydrogen (secondary N) is 1. The second kappa shape index (κ2) is 8.83. The molecule has 0 aromatic carbocycles. The zero-order valence-corrected chi connectivity index (χ0v) is 18.0. The number of methoxy groups -OCH3 is 1. The van der Waals surface area contributed by atoms with Crippen molar-refractivity contribution >= 4 is 11.0 Å². The minimum atomic E-state index is -0.0377. The van der Waals surface area contributed by atoms with Gasteiger partial charge in [0.2, 0.25) is 5.88 Å². The monoisotopic (exact) mass is 422 g/mol. The van der Waals surface area contributed by atoms with E-state index in [1.165, 1.54) is 18.4 Å². The Morgan fingerprint density at radius 1 is 1.16 bits per heavy atom. The second-order valence-corrected chi connectivity index (χ2v) is 8.81.